The Morgan fingerprint density at radius 2 is 2.06 bits per heavy atom. The maximum absolute atomic E-state index is 10.6. The number of nitrogens with zero attached hydrogens (tertiary/aromatic N) is 3. The fraction of sp³-hybridized carbons (Fsp3) is 0.182. The highest BCUT2D eigenvalue weighted by Gasteiger charge is 2.15. The molecular formula is C11H9N3O4. The molecule has 0 N–H and O–H groups in total. The lowest BCUT2D eigenvalue weighted by Gasteiger charge is -2.18. The number of ether oxygens (including phenoxy) is 2. The zero-order valence-corrected chi connectivity index (χ0v) is 9.28. The van der Waals surface area contributed by atoms with Crippen LogP contribution in [0.2, 0.25) is 0 Å². The van der Waals surface area contributed by atoms with Crippen molar-refractivity contribution in [2.24, 2.45) is 0 Å². The summed E-state index contributed by atoms with van der Waals surface area (Å²) in [7, 11) is 0. The zero-order chi connectivity index (χ0) is 12.5. The van der Waals surface area contributed by atoms with Crippen LogP contribution in [0, 0.1) is 10.1 Å². The molecule has 0 fully saturated rings. The second-order valence-electron chi connectivity index (χ2n) is 3.72. The largest absolute Gasteiger partial charge is 0.486 e. The van der Waals surface area contributed by atoms with Gasteiger partial charge in [-0.15, -0.1) is 0 Å². The highest BCUT2D eigenvalue weighted by atomic mass is 16.6. The molecule has 7 heteroatoms. The van der Waals surface area contributed by atoms with E-state index in [-0.39, 0.29) is 5.82 Å². The Hall–Kier alpha value is -2.57. The van der Waals surface area contributed by atoms with Crippen molar-refractivity contribution in [3.05, 3.63) is 40.8 Å². The Balaban J connectivity index is 1.98. The fourth-order valence-electron chi connectivity index (χ4n) is 1.74. The molecule has 3 rings (SSSR count). The monoisotopic (exact) mass is 247 g/mol. The lowest BCUT2D eigenvalue weighted by Crippen LogP contribution is -2.15. The summed E-state index contributed by atoms with van der Waals surface area (Å²) >= 11 is 0. The number of fused-ring (bicyclic) bond motifs is 1. The third kappa shape index (κ3) is 1.75. The van der Waals surface area contributed by atoms with Crippen molar-refractivity contribution >= 4 is 5.82 Å². The Bertz CT molecular complexity index is 608. The molecular weight excluding hydrogens is 238 g/mol. The molecule has 1 aromatic carbocycles. The van der Waals surface area contributed by atoms with Crippen molar-refractivity contribution in [3.63, 3.8) is 0 Å². The predicted octanol–water partition coefficient (Wildman–Crippen LogP) is 1.55. The van der Waals surface area contributed by atoms with Crippen LogP contribution in [0.5, 0.6) is 11.5 Å². The molecule has 92 valence electrons. The Labute approximate surface area is 102 Å². The minimum Gasteiger partial charge on any atom is -0.486 e. The van der Waals surface area contributed by atoms with Gasteiger partial charge in [0.05, 0.1) is 5.69 Å². The van der Waals surface area contributed by atoms with Gasteiger partial charge in [-0.05, 0) is 22.0 Å². The molecule has 0 aliphatic carbocycles. The molecule has 7 nitrogen and oxygen atoms in total. The lowest BCUT2D eigenvalue weighted by molar-refractivity contribution is -0.389. The second kappa shape index (κ2) is 4.02. The third-order valence-electron chi connectivity index (χ3n) is 2.58. The van der Waals surface area contributed by atoms with Crippen LogP contribution in [0.1, 0.15) is 0 Å². The van der Waals surface area contributed by atoms with Gasteiger partial charge in [0.2, 0.25) is 6.33 Å². The molecule has 2 heterocycles. The molecule has 0 bridgehead atoms. The van der Waals surface area contributed by atoms with Crippen LogP contribution in [0.4, 0.5) is 5.82 Å². The normalized spacial score (nSPS) is 13.3. The highest BCUT2D eigenvalue weighted by molar-refractivity contribution is 5.49. The van der Waals surface area contributed by atoms with Gasteiger partial charge in [0.15, 0.2) is 11.5 Å². The van der Waals surface area contributed by atoms with Gasteiger partial charge in [0, 0.05) is 6.07 Å². The van der Waals surface area contributed by atoms with E-state index in [1.807, 2.05) is 0 Å². The Kier molecular flexibility index (Phi) is 2.36. The van der Waals surface area contributed by atoms with E-state index in [0.29, 0.717) is 24.7 Å². The minimum absolute atomic E-state index is 0.190. The van der Waals surface area contributed by atoms with E-state index < -0.39 is 4.92 Å². The average Bonchev–Trinajstić information content (AvgIpc) is 2.88. The van der Waals surface area contributed by atoms with Gasteiger partial charge in [-0.2, -0.15) is 0 Å². The Morgan fingerprint density at radius 3 is 2.78 bits per heavy atom. The number of aromatic nitrogens is 2. The standard InChI is InChI=1S/C11H9N3O4/c15-14(16)11-6-13(7-12-11)8-1-2-9-10(5-8)18-4-3-17-9/h1-2,5-7H,3-4H2. The van der Waals surface area contributed by atoms with Gasteiger partial charge in [-0.25, -0.2) is 0 Å². The number of benzene rings is 1. The topological polar surface area (TPSA) is 79.4 Å². The summed E-state index contributed by atoms with van der Waals surface area (Å²) in [6.45, 7) is 1.03. The number of hydrogen-bond donors (Lipinski definition) is 0. The lowest BCUT2D eigenvalue weighted by atomic mass is 10.2. The van der Waals surface area contributed by atoms with Crippen LogP contribution < -0.4 is 9.47 Å². The van der Waals surface area contributed by atoms with Gasteiger partial charge in [0.1, 0.15) is 19.4 Å². The molecule has 0 radical (unpaired) electrons. The van der Waals surface area contributed by atoms with Crippen LogP contribution in [-0.2, 0) is 0 Å². The van der Waals surface area contributed by atoms with E-state index in [9.17, 15) is 10.1 Å². The van der Waals surface area contributed by atoms with E-state index in [4.69, 9.17) is 9.47 Å². The summed E-state index contributed by atoms with van der Waals surface area (Å²) in [6.07, 6.45) is 2.74. The maximum Gasteiger partial charge on any atom is 0.381 e. The van der Waals surface area contributed by atoms with Crippen molar-refractivity contribution in [1.82, 2.24) is 9.55 Å². The number of imidazole rings is 1. The maximum atomic E-state index is 10.6. The molecule has 0 spiro atoms. The SMILES string of the molecule is O=[N+]([O-])c1cn(-c2ccc3c(c2)OCCO3)cn1. The first-order chi connectivity index (χ1) is 8.74. The first kappa shape index (κ1) is 10.6. The van der Waals surface area contributed by atoms with Crippen molar-refractivity contribution in [2.45, 2.75) is 0 Å². The van der Waals surface area contributed by atoms with Crippen molar-refractivity contribution in [2.75, 3.05) is 13.2 Å². The molecule has 1 aromatic heterocycles. The third-order valence-corrected chi connectivity index (χ3v) is 2.58. The molecule has 1 aliphatic rings. The van der Waals surface area contributed by atoms with E-state index in [1.54, 1.807) is 22.8 Å². The highest BCUT2D eigenvalue weighted by Crippen LogP contribution is 2.32. The summed E-state index contributed by atoms with van der Waals surface area (Å²) in [6, 6.07) is 5.33. The minimum atomic E-state index is -0.533. The van der Waals surface area contributed by atoms with Crippen LogP contribution in [0.25, 0.3) is 5.69 Å². The number of hydrogen-bond acceptors (Lipinski definition) is 5. The molecule has 0 saturated heterocycles. The predicted molar refractivity (Wildman–Crippen MR) is 61.2 cm³/mol. The molecule has 1 aliphatic heterocycles. The van der Waals surface area contributed by atoms with E-state index in [0.717, 1.165) is 5.69 Å². The van der Waals surface area contributed by atoms with Crippen LogP contribution in [0.15, 0.2) is 30.7 Å². The van der Waals surface area contributed by atoms with Crippen molar-refractivity contribution in [3.8, 4) is 17.2 Å². The molecule has 2 aromatic rings. The first-order valence-electron chi connectivity index (χ1n) is 5.32. The quantitative estimate of drug-likeness (QED) is 0.594. The summed E-state index contributed by atoms with van der Waals surface area (Å²) < 4.78 is 12.4. The van der Waals surface area contributed by atoms with Crippen LogP contribution in [-0.4, -0.2) is 27.7 Å². The van der Waals surface area contributed by atoms with Gasteiger partial charge in [0.25, 0.3) is 0 Å². The molecule has 0 atom stereocenters. The zero-order valence-electron chi connectivity index (χ0n) is 9.28. The Morgan fingerprint density at radius 1 is 1.28 bits per heavy atom. The summed E-state index contributed by atoms with van der Waals surface area (Å²) in [5, 5.41) is 10.6. The van der Waals surface area contributed by atoms with Gasteiger partial charge < -0.3 is 19.6 Å². The molecule has 0 amide bonds. The van der Waals surface area contributed by atoms with E-state index in [1.165, 1.54) is 12.5 Å². The number of rotatable bonds is 2. The van der Waals surface area contributed by atoms with E-state index in [2.05, 4.69) is 4.98 Å². The summed E-state index contributed by atoms with van der Waals surface area (Å²) in [5.41, 5.74) is 0.736. The molecule has 0 unspecified atom stereocenters. The summed E-state index contributed by atoms with van der Waals surface area (Å²) in [5.74, 6) is 1.12. The smallest absolute Gasteiger partial charge is 0.381 e. The van der Waals surface area contributed by atoms with E-state index >= 15 is 0 Å². The second-order valence-corrected chi connectivity index (χ2v) is 3.72. The van der Waals surface area contributed by atoms with Crippen LogP contribution in [0.3, 0.4) is 0 Å². The van der Waals surface area contributed by atoms with Gasteiger partial charge in [-0.3, -0.25) is 4.57 Å². The first-order valence-corrected chi connectivity index (χ1v) is 5.32. The fourth-order valence-corrected chi connectivity index (χ4v) is 1.74. The van der Waals surface area contributed by atoms with Crippen molar-refractivity contribution < 1.29 is 14.4 Å². The molecule has 0 saturated carbocycles. The molecule has 18 heavy (non-hydrogen) atoms. The van der Waals surface area contributed by atoms with Crippen molar-refractivity contribution in [1.29, 1.82) is 0 Å². The number of nitro groups is 1. The average molecular weight is 247 g/mol. The van der Waals surface area contributed by atoms with Crippen LogP contribution >= 0.6 is 0 Å². The van der Waals surface area contributed by atoms with Gasteiger partial charge >= 0.3 is 5.82 Å². The van der Waals surface area contributed by atoms with Gasteiger partial charge in [-0.1, -0.05) is 0 Å². The summed E-state index contributed by atoms with van der Waals surface area (Å²) in [4.78, 5) is 13.7.